The molecule has 6 nitrogen and oxygen atoms in total. The molecule has 2 aromatic rings. The van der Waals surface area contributed by atoms with Gasteiger partial charge in [0.25, 0.3) is 11.8 Å². The number of nitrogens with zero attached hydrogens (tertiary/aromatic N) is 2. The van der Waals surface area contributed by atoms with E-state index in [1.54, 1.807) is 50.9 Å². The Balaban J connectivity index is 2.19. The van der Waals surface area contributed by atoms with Gasteiger partial charge in [-0.15, -0.1) is 11.3 Å². The average molecular weight is 319 g/mol. The van der Waals surface area contributed by atoms with Crippen molar-refractivity contribution in [2.24, 2.45) is 0 Å². The highest BCUT2D eigenvalue weighted by Gasteiger charge is 2.16. The molecule has 0 aliphatic heterocycles. The summed E-state index contributed by atoms with van der Waals surface area (Å²) in [6.45, 7) is 0.369. The topological polar surface area (TPSA) is 71.5 Å². The minimum Gasteiger partial charge on any atom is -0.378 e. The van der Waals surface area contributed by atoms with Crippen molar-refractivity contribution in [2.75, 3.05) is 26.5 Å². The lowest BCUT2D eigenvalue weighted by atomic mass is 10.1. The molecule has 0 saturated heterocycles. The van der Waals surface area contributed by atoms with Crippen molar-refractivity contribution in [2.45, 2.75) is 6.61 Å². The van der Waals surface area contributed by atoms with E-state index in [1.807, 2.05) is 0 Å². The van der Waals surface area contributed by atoms with E-state index in [4.69, 9.17) is 4.74 Å². The summed E-state index contributed by atoms with van der Waals surface area (Å²) in [5.74, 6) is -0.521. The number of carbonyl (C=O) groups is 2. The van der Waals surface area contributed by atoms with Gasteiger partial charge in [-0.3, -0.25) is 9.59 Å². The van der Waals surface area contributed by atoms with Crippen LogP contribution < -0.4 is 5.32 Å². The molecular weight excluding hydrogens is 302 g/mol. The van der Waals surface area contributed by atoms with E-state index in [0.29, 0.717) is 23.6 Å². The van der Waals surface area contributed by atoms with Crippen LogP contribution in [0, 0.1) is 0 Å². The smallest absolute Gasteiger partial charge is 0.275 e. The van der Waals surface area contributed by atoms with Gasteiger partial charge in [0, 0.05) is 26.6 Å². The normalized spacial score (nSPS) is 10.3. The Morgan fingerprint density at radius 1 is 1.32 bits per heavy atom. The summed E-state index contributed by atoms with van der Waals surface area (Å²) >= 11 is 1.36. The molecule has 2 rings (SSSR count). The van der Waals surface area contributed by atoms with E-state index < -0.39 is 0 Å². The molecule has 0 unspecified atom stereocenters. The number of carbonyl (C=O) groups excluding carboxylic acids is 2. The second kappa shape index (κ2) is 7.15. The van der Waals surface area contributed by atoms with Gasteiger partial charge in [0.15, 0.2) is 0 Å². The summed E-state index contributed by atoms with van der Waals surface area (Å²) in [5, 5.41) is 5.13. The SMILES string of the molecule is COCc1nc(C(=O)Nc2ccccc2C(=O)N(C)C)cs1. The third-order valence-electron chi connectivity index (χ3n) is 2.86. The van der Waals surface area contributed by atoms with Crippen molar-refractivity contribution in [3.8, 4) is 0 Å². The first kappa shape index (κ1) is 16.1. The minimum atomic E-state index is -0.349. The van der Waals surface area contributed by atoms with Gasteiger partial charge in [-0.2, -0.15) is 0 Å². The largest absolute Gasteiger partial charge is 0.378 e. The van der Waals surface area contributed by atoms with Gasteiger partial charge in [0.1, 0.15) is 10.7 Å². The maximum atomic E-state index is 12.2. The molecule has 0 bridgehead atoms. The zero-order valence-electron chi connectivity index (χ0n) is 12.6. The molecule has 0 aliphatic rings. The van der Waals surface area contributed by atoms with Crippen molar-refractivity contribution in [3.05, 3.63) is 45.9 Å². The Morgan fingerprint density at radius 3 is 2.73 bits per heavy atom. The van der Waals surface area contributed by atoms with Crippen LogP contribution in [-0.2, 0) is 11.3 Å². The summed E-state index contributed by atoms with van der Waals surface area (Å²) in [7, 11) is 4.90. The van der Waals surface area contributed by atoms with Gasteiger partial charge in [-0.05, 0) is 12.1 Å². The zero-order valence-corrected chi connectivity index (χ0v) is 13.4. The van der Waals surface area contributed by atoms with Gasteiger partial charge < -0.3 is 15.0 Å². The van der Waals surface area contributed by atoms with Crippen LogP contribution in [0.5, 0.6) is 0 Å². The van der Waals surface area contributed by atoms with Gasteiger partial charge >= 0.3 is 0 Å². The number of benzene rings is 1. The molecule has 7 heteroatoms. The summed E-state index contributed by atoms with van der Waals surface area (Å²) in [6.07, 6.45) is 0. The van der Waals surface area contributed by atoms with E-state index in [-0.39, 0.29) is 11.8 Å². The number of rotatable bonds is 5. The number of thiazole rings is 1. The first-order valence-electron chi connectivity index (χ1n) is 6.58. The predicted octanol–water partition coefficient (Wildman–Crippen LogP) is 2.24. The van der Waals surface area contributed by atoms with Crippen LogP contribution in [0.25, 0.3) is 0 Å². The van der Waals surface area contributed by atoms with Crippen LogP contribution in [0.15, 0.2) is 29.6 Å². The van der Waals surface area contributed by atoms with Gasteiger partial charge in [-0.1, -0.05) is 12.1 Å². The van der Waals surface area contributed by atoms with Crippen molar-refractivity contribution in [1.82, 2.24) is 9.88 Å². The number of anilines is 1. The number of para-hydroxylation sites is 1. The van der Waals surface area contributed by atoms with Gasteiger partial charge in [0.05, 0.1) is 17.9 Å². The van der Waals surface area contributed by atoms with Crippen LogP contribution in [0.2, 0.25) is 0 Å². The molecule has 0 spiro atoms. The van der Waals surface area contributed by atoms with Crippen LogP contribution in [0.4, 0.5) is 5.69 Å². The molecule has 116 valence electrons. The van der Waals surface area contributed by atoms with E-state index >= 15 is 0 Å². The van der Waals surface area contributed by atoms with E-state index in [0.717, 1.165) is 5.01 Å². The number of amides is 2. The third-order valence-corrected chi connectivity index (χ3v) is 3.69. The van der Waals surface area contributed by atoms with Crippen LogP contribution in [-0.4, -0.2) is 42.9 Å². The Kier molecular flexibility index (Phi) is 5.24. The molecule has 2 amide bonds. The summed E-state index contributed by atoms with van der Waals surface area (Å²) in [4.78, 5) is 30.0. The monoisotopic (exact) mass is 319 g/mol. The molecule has 1 aromatic carbocycles. The molecule has 0 saturated carbocycles. The lowest BCUT2D eigenvalue weighted by Crippen LogP contribution is -2.24. The number of methoxy groups -OCH3 is 1. The first-order valence-corrected chi connectivity index (χ1v) is 7.46. The lowest BCUT2D eigenvalue weighted by Gasteiger charge is -2.14. The molecule has 0 atom stereocenters. The van der Waals surface area contributed by atoms with E-state index in [1.165, 1.54) is 16.2 Å². The van der Waals surface area contributed by atoms with Crippen molar-refractivity contribution >= 4 is 28.8 Å². The third kappa shape index (κ3) is 3.69. The molecule has 0 aliphatic carbocycles. The fraction of sp³-hybridized carbons (Fsp3) is 0.267. The Bertz CT molecular complexity index is 682. The summed E-state index contributed by atoms with van der Waals surface area (Å²) in [5.41, 5.74) is 1.21. The molecule has 1 heterocycles. The number of hydrogen-bond acceptors (Lipinski definition) is 5. The standard InChI is InChI=1S/C15H17N3O3S/c1-18(2)15(20)10-6-4-5-7-11(10)17-14(19)12-9-22-13(16-12)8-21-3/h4-7,9H,8H2,1-3H3,(H,17,19). The molecule has 0 fully saturated rings. The Hall–Kier alpha value is -2.25. The van der Waals surface area contributed by atoms with Gasteiger partial charge in [0.2, 0.25) is 0 Å². The van der Waals surface area contributed by atoms with Crippen molar-refractivity contribution < 1.29 is 14.3 Å². The molecule has 22 heavy (non-hydrogen) atoms. The minimum absolute atomic E-state index is 0.172. The Morgan fingerprint density at radius 2 is 2.05 bits per heavy atom. The average Bonchev–Trinajstić information content (AvgIpc) is 2.96. The summed E-state index contributed by atoms with van der Waals surface area (Å²) in [6, 6.07) is 6.89. The Labute approximate surface area is 132 Å². The van der Waals surface area contributed by atoms with Crippen LogP contribution in [0.3, 0.4) is 0 Å². The highest BCUT2D eigenvalue weighted by Crippen LogP contribution is 2.18. The highest BCUT2D eigenvalue weighted by molar-refractivity contribution is 7.09. The number of aromatic nitrogens is 1. The fourth-order valence-electron chi connectivity index (χ4n) is 1.81. The predicted molar refractivity (Wildman–Crippen MR) is 85.2 cm³/mol. The maximum Gasteiger partial charge on any atom is 0.275 e. The maximum absolute atomic E-state index is 12.2. The highest BCUT2D eigenvalue weighted by atomic mass is 32.1. The molecular formula is C15H17N3O3S. The van der Waals surface area contributed by atoms with E-state index in [9.17, 15) is 9.59 Å². The first-order chi connectivity index (χ1) is 10.5. The molecule has 1 aromatic heterocycles. The van der Waals surface area contributed by atoms with Crippen LogP contribution >= 0.6 is 11.3 Å². The van der Waals surface area contributed by atoms with E-state index in [2.05, 4.69) is 10.3 Å². The van der Waals surface area contributed by atoms with Crippen molar-refractivity contribution in [3.63, 3.8) is 0 Å². The van der Waals surface area contributed by atoms with Gasteiger partial charge in [-0.25, -0.2) is 4.98 Å². The van der Waals surface area contributed by atoms with Crippen molar-refractivity contribution in [1.29, 1.82) is 0 Å². The second-order valence-electron chi connectivity index (χ2n) is 4.76. The lowest BCUT2D eigenvalue weighted by molar-refractivity contribution is 0.0828. The van der Waals surface area contributed by atoms with Crippen LogP contribution in [0.1, 0.15) is 25.9 Å². The number of ether oxygens (including phenoxy) is 1. The second-order valence-corrected chi connectivity index (χ2v) is 5.70. The fourth-order valence-corrected chi connectivity index (χ4v) is 2.56. The summed E-state index contributed by atoms with van der Waals surface area (Å²) < 4.78 is 4.98. The zero-order chi connectivity index (χ0) is 16.1. The number of hydrogen-bond donors (Lipinski definition) is 1. The quantitative estimate of drug-likeness (QED) is 0.917. The number of nitrogens with one attached hydrogen (secondary N) is 1. The molecule has 0 radical (unpaired) electrons. The molecule has 1 N–H and O–H groups in total.